The second-order valence-corrected chi connectivity index (χ2v) is 7.32. The summed E-state index contributed by atoms with van der Waals surface area (Å²) in [6.45, 7) is 6.39. The monoisotopic (exact) mass is 388 g/mol. The van der Waals surface area contributed by atoms with Gasteiger partial charge in [0.15, 0.2) is 0 Å². The summed E-state index contributed by atoms with van der Waals surface area (Å²) in [6.07, 6.45) is 1.19. The first-order valence-electron chi connectivity index (χ1n) is 8.61. The fourth-order valence-corrected chi connectivity index (χ4v) is 3.62. The Morgan fingerprint density at radius 3 is 2.71 bits per heavy atom. The van der Waals surface area contributed by atoms with Crippen LogP contribution < -0.4 is 10.1 Å². The Morgan fingerprint density at radius 2 is 1.92 bits per heavy atom. The molecule has 3 rings (SSSR count). The molecule has 0 radical (unpaired) electrons. The Bertz CT molecular complexity index is 635. The van der Waals surface area contributed by atoms with E-state index in [1.54, 1.807) is 0 Å². The van der Waals surface area contributed by atoms with E-state index in [1.807, 2.05) is 24.3 Å². The number of rotatable bonds is 6. The zero-order valence-corrected chi connectivity index (χ0v) is 15.7. The Balaban J connectivity index is 1.50. The van der Waals surface area contributed by atoms with Crippen molar-refractivity contribution in [3.05, 3.63) is 64.6 Å². The first kappa shape index (κ1) is 17.5. The maximum atomic E-state index is 6.10. The van der Waals surface area contributed by atoms with Gasteiger partial charge in [-0.05, 0) is 40.5 Å². The van der Waals surface area contributed by atoms with Crippen LogP contribution in [-0.2, 0) is 6.54 Å². The Morgan fingerprint density at radius 1 is 1.17 bits per heavy atom. The third-order valence-electron chi connectivity index (χ3n) is 4.37. The first-order valence-corrected chi connectivity index (χ1v) is 9.41. The molecule has 0 spiro atoms. The molecule has 0 amide bonds. The van der Waals surface area contributed by atoms with Crippen molar-refractivity contribution < 1.29 is 4.74 Å². The van der Waals surface area contributed by atoms with E-state index in [0.29, 0.717) is 6.04 Å². The fourth-order valence-electron chi connectivity index (χ4n) is 3.24. The molecular formula is C20H25BrN2O. The van der Waals surface area contributed by atoms with Crippen molar-refractivity contribution in [3.8, 4) is 5.75 Å². The van der Waals surface area contributed by atoms with Crippen molar-refractivity contribution in [1.29, 1.82) is 0 Å². The van der Waals surface area contributed by atoms with Gasteiger partial charge in [0.25, 0.3) is 0 Å². The predicted octanol–water partition coefficient (Wildman–Crippen LogP) is 4.08. The molecule has 2 atom stereocenters. The molecule has 1 heterocycles. The van der Waals surface area contributed by atoms with Gasteiger partial charge in [0.1, 0.15) is 5.75 Å². The van der Waals surface area contributed by atoms with Crippen molar-refractivity contribution in [2.45, 2.75) is 32.0 Å². The van der Waals surface area contributed by atoms with Gasteiger partial charge in [0.2, 0.25) is 0 Å². The molecule has 1 aliphatic heterocycles. The summed E-state index contributed by atoms with van der Waals surface area (Å²) in [4.78, 5) is 2.53. The van der Waals surface area contributed by atoms with Gasteiger partial charge in [0.05, 0.1) is 10.6 Å². The first-order chi connectivity index (χ1) is 11.7. The van der Waals surface area contributed by atoms with Gasteiger partial charge in [0, 0.05) is 38.6 Å². The summed E-state index contributed by atoms with van der Waals surface area (Å²) >= 11 is 3.55. The standard InChI is InChI=1S/C20H25BrN2O/c1-16(24-20-10-6-5-9-19(20)21)13-18-15-23(12-11-22-18)14-17-7-3-2-4-8-17/h2-10,16,18,22H,11-15H2,1H3/t16-,18-/m0/s1. The van der Waals surface area contributed by atoms with Crippen molar-refractivity contribution in [3.63, 3.8) is 0 Å². The molecule has 3 nitrogen and oxygen atoms in total. The Labute approximate surface area is 153 Å². The van der Waals surface area contributed by atoms with Gasteiger partial charge in [-0.2, -0.15) is 0 Å². The topological polar surface area (TPSA) is 24.5 Å². The van der Waals surface area contributed by atoms with Gasteiger partial charge in [-0.15, -0.1) is 0 Å². The lowest BCUT2D eigenvalue weighted by Gasteiger charge is -2.35. The minimum absolute atomic E-state index is 0.179. The van der Waals surface area contributed by atoms with Crippen LogP contribution in [0.1, 0.15) is 18.9 Å². The van der Waals surface area contributed by atoms with E-state index < -0.39 is 0 Å². The summed E-state index contributed by atoms with van der Waals surface area (Å²) in [5.74, 6) is 0.918. The summed E-state index contributed by atoms with van der Waals surface area (Å²) in [5.41, 5.74) is 1.38. The Hall–Kier alpha value is -1.36. The highest BCUT2D eigenvalue weighted by Crippen LogP contribution is 2.25. The van der Waals surface area contributed by atoms with Crippen LogP contribution in [0.2, 0.25) is 0 Å². The van der Waals surface area contributed by atoms with Crippen LogP contribution in [0.5, 0.6) is 5.75 Å². The zero-order chi connectivity index (χ0) is 16.8. The van der Waals surface area contributed by atoms with Crippen molar-refractivity contribution in [2.24, 2.45) is 0 Å². The summed E-state index contributed by atoms with van der Waals surface area (Å²) in [6, 6.07) is 19.2. The third-order valence-corrected chi connectivity index (χ3v) is 5.03. The number of halogens is 1. The molecule has 0 aromatic heterocycles. The van der Waals surface area contributed by atoms with Crippen LogP contribution in [0.4, 0.5) is 0 Å². The van der Waals surface area contributed by atoms with Gasteiger partial charge in [-0.3, -0.25) is 4.90 Å². The van der Waals surface area contributed by atoms with E-state index in [9.17, 15) is 0 Å². The second-order valence-electron chi connectivity index (χ2n) is 6.47. The Kier molecular flexibility index (Phi) is 6.30. The SMILES string of the molecule is C[C@@H](C[C@H]1CN(Cc2ccccc2)CCN1)Oc1ccccc1Br. The molecule has 4 heteroatoms. The lowest BCUT2D eigenvalue weighted by atomic mass is 10.1. The number of hydrogen-bond donors (Lipinski definition) is 1. The van der Waals surface area contributed by atoms with Crippen LogP contribution in [0, 0.1) is 0 Å². The highest BCUT2D eigenvalue weighted by molar-refractivity contribution is 9.10. The van der Waals surface area contributed by atoms with Crippen molar-refractivity contribution in [2.75, 3.05) is 19.6 Å². The highest BCUT2D eigenvalue weighted by atomic mass is 79.9. The van der Waals surface area contributed by atoms with Crippen molar-refractivity contribution in [1.82, 2.24) is 10.2 Å². The number of benzene rings is 2. The summed E-state index contributed by atoms with van der Waals surface area (Å²) < 4.78 is 7.11. The van der Waals surface area contributed by atoms with Gasteiger partial charge in [-0.25, -0.2) is 0 Å². The molecule has 0 aliphatic carbocycles. The molecule has 1 N–H and O–H groups in total. The predicted molar refractivity (Wildman–Crippen MR) is 102 cm³/mol. The minimum Gasteiger partial charge on any atom is -0.489 e. The van der Waals surface area contributed by atoms with E-state index in [4.69, 9.17) is 4.74 Å². The molecule has 2 aromatic rings. The van der Waals surface area contributed by atoms with Crippen LogP contribution >= 0.6 is 15.9 Å². The largest absolute Gasteiger partial charge is 0.489 e. The summed E-state index contributed by atoms with van der Waals surface area (Å²) in [7, 11) is 0. The maximum absolute atomic E-state index is 6.10. The molecule has 2 aromatic carbocycles. The van der Waals surface area contributed by atoms with Crippen molar-refractivity contribution >= 4 is 15.9 Å². The molecule has 1 aliphatic rings. The number of piperazine rings is 1. The molecule has 0 unspecified atom stereocenters. The average Bonchev–Trinajstić information content (AvgIpc) is 2.58. The van der Waals surface area contributed by atoms with Gasteiger partial charge < -0.3 is 10.1 Å². The molecular weight excluding hydrogens is 364 g/mol. The van der Waals surface area contributed by atoms with Crippen LogP contribution in [0.3, 0.4) is 0 Å². The molecule has 0 bridgehead atoms. The number of ether oxygens (including phenoxy) is 1. The van der Waals surface area contributed by atoms with E-state index in [-0.39, 0.29) is 6.10 Å². The second kappa shape index (κ2) is 8.65. The number of para-hydroxylation sites is 1. The molecule has 1 saturated heterocycles. The smallest absolute Gasteiger partial charge is 0.133 e. The highest BCUT2D eigenvalue weighted by Gasteiger charge is 2.22. The average molecular weight is 389 g/mol. The third kappa shape index (κ3) is 5.07. The van der Waals surface area contributed by atoms with Crippen LogP contribution in [0.25, 0.3) is 0 Å². The molecule has 1 fully saturated rings. The zero-order valence-electron chi connectivity index (χ0n) is 14.1. The summed E-state index contributed by atoms with van der Waals surface area (Å²) in [5, 5.41) is 3.63. The number of nitrogens with one attached hydrogen (secondary N) is 1. The lowest BCUT2D eigenvalue weighted by molar-refractivity contribution is 0.141. The van der Waals surface area contributed by atoms with E-state index >= 15 is 0 Å². The van der Waals surface area contributed by atoms with Gasteiger partial charge in [-0.1, -0.05) is 42.5 Å². The number of nitrogens with zero attached hydrogens (tertiary/aromatic N) is 1. The molecule has 24 heavy (non-hydrogen) atoms. The van der Waals surface area contributed by atoms with E-state index in [2.05, 4.69) is 63.4 Å². The minimum atomic E-state index is 0.179. The van der Waals surface area contributed by atoms with E-state index in [1.165, 1.54) is 5.56 Å². The van der Waals surface area contributed by atoms with Gasteiger partial charge >= 0.3 is 0 Å². The normalized spacial score (nSPS) is 19.8. The van der Waals surface area contributed by atoms with E-state index in [0.717, 1.165) is 42.8 Å². The van der Waals surface area contributed by atoms with Crippen LogP contribution in [0.15, 0.2) is 59.1 Å². The van der Waals surface area contributed by atoms with Crippen LogP contribution in [-0.4, -0.2) is 36.7 Å². The lowest BCUT2D eigenvalue weighted by Crippen LogP contribution is -2.51. The fraction of sp³-hybridized carbons (Fsp3) is 0.400. The number of hydrogen-bond acceptors (Lipinski definition) is 3. The maximum Gasteiger partial charge on any atom is 0.133 e. The molecule has 0 saturated carbocycles. The molecule has 128 valence electrons. The quantitative estimate of drug-likeness (QED) is 0.806.